The van der Waals surface area contributed by atoms with Gasteiger partial charge in [-0.1, -0.05) is 11.6 Å². The minimum atomic E-state index is -2.84. The average Bonchev–Trinajstić information content (AvgIpc) is 1.96. The van der Waals surface area contributed by atoms with E-state index in [9.17, 15) is 13.2 Å². The van der Waals surface area contributed by atoms with E-state index in [4.69, 9.17) is 11.6 Å². The maximum absolute atomic E-state index is 12.7. The van der Waals surface area contributed by atoms with Gasteiger partial charge >= 0.3 is 0 Å². The van der Waals surface area contributed by atoms with Crippen molar-refractivity contribution in [3.63, 3.8) is 0 Å². The van der Waals surface area contributed by atoms with Crippen LogP contribution in [0, 0.1) is 12.7 Å². The summed E-state index contributed by atoms with van der Waals surface area (Å²) in [5, 5.41) is -0.601. The maximum atomic E-state index is 12.7. The number of pyridine rings is 1. The van der Waals surface area contributed by atoms with E-state index in [0.717, 1.165) is 6.07 Å². The van der Waals surface area contributed by atoms with Gasteiger partial charge in [-0.3, -0.25) is 4.98 Å². The van der Waals surface area contributed by atoms with Crippen molar-refractivity contribution in [2.45, 2.75) is 13.3 Å². The normalized spacial score (nSPS) is 10.8. The molecular formula is C7H5ClF3N. The highest BCUT2D eigenvalue weighted by molar-refractivity contribution is 6.31. The van der Waals surface area contributed by atoms with Crippen LogP contribution in [-0.4, -0.2) is 4.98 Å². The number of rotatable bonds is 1. The van der Waals surface area contributed by atoms with Gasteiger partial charge in [0.2, 0.25) is 0 Å². The minimum absolute atomic E-state index is 0.187. The molecule has 0 spiro atoms. The highest BCUT2D eigenvalue weighted by atomic mass is 35.5. The van der Waals surface area contributed by atoms with Crippen LogP contribution in [0.2, 0.25) is 5.02 Å². The summed E-state index contributed by atoms with van der Waals surface area (Å²) in [5.41, 5.74) is -0.513. The number of hydrogen-bond acceptors (Lipinski definition) is 1. The van der Waals surface area contributed by atoms with Crippen molar-refractivity contribution >= 4 is 11.6 Å². The zero-order valence-corrected chi connectivity index (χ0v) is 6.87. The lowest BCUT2D eigenvalue weighted by Crippen LogP contribution is -1.96. The molecule has 0 atom stereocenters. The minimum Gasteiger partial charge on any atom is -0.250 e. The van der Waals surface area contributed by atoms with Gasteiger partial charge in [-0.05, 0) is 13.0 Å². The topological polar surface area (TPSA) is 12.9 Å². The average molecular weight is 196 g/mol. The fraction of sp³-hybridized carbons (Fsp3) is 0.286. The summed E-state index contributed by atoms with van der Waals surface area (Å²) in [6.45, 7) is 1.42. The van der Waals surface area contributed by atoms with Crippen LogP contribution in [0.3, 0.4) is 0 Å². The van der Waals surface area contributed by atoms with E-state index in [1.807, 2.05) is 0 Å². The lowest BCUT2D eigenvalue weighted by atomic mass is 10.3. The van der Waals surface area contributed by atoms with E-state index in [1.165, 1.54) is 6.92 Å². The summed E-state index contributed by atoms with van der Waals surface area (Å²) in [5.74, 6) is -0.862. The van der Waals surface area contributed by atoms with Crippen LogP contribution in [0.4, 0.5) is 13.2 Å². The molecule has 0 unspecified atom stereocenters. The van der Waals surface area contributed by atoms with E-state index >= 15 is 0 Å². The second-order valence-corrected chi connectivity index (χ2v) is 2.62. The SMILES string of the molecule is Cc1cc(F)c(Cl)c(C(F)F)n1. The molecule has 0 amide bonds. The molecular weight excluding hydrogens is 191 g/mol. The van der Waals surface area contributed by atoms with E-state index in [1.54, 1.807) is 0 Å². The lowest BCUT2D eigenvalue weighted by molar-refractivity contribution is 0.145. The highest BCUT2D eigenvalue weighted by Gasteiger charge is 2.17. The Balaban J connectivity index is 3.28. The summed E-state index contributed by atoms with van der Waals surface area (Å²) in [7, 11) is 0. The molecule has 0 aliphatic heterocycles. The van der Waals surface area contributed by atoms with Crippen molar-refractivity contribution in [1.29, 1.82) is 0 Å². The Labute approximate surface area is 72.2 Å². The number of halogens is 4. The van der Waals surface area contributed by atoms with Crippen molar-refractivity contribution in [2.75, 3.05) is 0 Å². The van der Waals surface area contributed by atoms with Crippen molar-refractivity contribution in [3.05, 3.63) is 28.3 Å². The smallest absolute Gasteiger partial charge is 0.250 e. The van der Waals surface area contributed by atoms with Gasteiger partial charge in [-0.2, -0.15) is 0 Å². The molecule has 1 heterocycles. The Kier molecular flexibility index (Phi) is 2.57. The fourth-order valence-corrected chi connectivity index (χ4v) is 0.964. The van der Waals surface area contributed by atoms with Crippen LogP contribution >= 0.6 is 11.6 Å². The van der Waals surface area contributed by atoms with Crippen molar-refractivity contribution in [1.82, 2.24) is 4.98 Å². The molecule has 0 aliphatic carbocycles. The Hall–Kier alpha value is -0.770. The first kappa shape index (κ1) is 9.32. The lowest BCUT2D eigenvalue weighted by Gasteiger charge is -2.03. The zero-order valence-electron chi connectivity index (χ0n) is 6.11. The second-order valence-electron chi connectivity index (χ2n) is 2.25. The molecule has 0 saturated heterocycles. The highest BCUT2D eigenvalue weighted by Crippen LogP contribution is 2.27. The van der Waals surface area contributed by atoms with Gasteiger partial charge in [0.25, 0.3) is 6.43 Å². The third-order valence-corrected chi connectivity index (χ3v) is 1.65. The number of aromatic nitrogens is 1. The number of hydrogen-bond donors (Lipinski definition) is 0. The third kappa shape index (κ3) is 1.69. The molecule has 0 aromatic carbocycles. The molecule has 0 aliphatic rings. The molecule has 5 heteroatoms. The molecule has 1 nitrogen and oxygen atoms in total. The summed E-state index contributed by atoms with van der Waals surface area (Å²) in [4.78, 5) is 3.41. The van der Waals surface area contributed by atoms with Crippen LogP contribution < -0.4 is 0 Å². The van der Waals surface area contributed by atoms with Crippen LogP contribution in [0.1, 0.15) is 17.8 Å². The van der Waals surface area contributed by atoms with E-state index < -0.39 is 23.0 Å². The Morgan fingerprint density at radius 2 is 2.08 bits per heavy atom. The molecule has 0 fully saturated rings. The number of aryl methyl sites for hydroxylation is 1. The van der Waals surface area contributed by atoms with Crippen LogP contribution in [0.5, 0.6) is 0 Å². The quantitative estimate of drug-likeness (QED) is 0.671. The molecule has 0 bridgehead atoms. The van der Waals surface area contributed by atoms with E-state index in [2.05, 4.69) is 4.98 Å². The number of nitrogens with zero attached hydrogens (tertiary/aromatic N) is 1. The van der Waals surface area contributed by atoms with Crippen LogP contribution in [0.15, 0.2) is 6.07 Å². The maximum Gasteiger partial charge on any atom is 0.281 e. The number of alkyl halides is 2. The molecule has 0 radical (unpaired) electrons. The Morgan fingerprint density at radius 1 is 1.50 bits per heavy atom. The first-order chi connectivity index (χ1) is 5.52. The molecule has 12 heavy (non-hydrogen) atoms. The van der Waals surface area contributed by atoms with E-state index in [-0.39, 0.29) is 5.69 Å². The van der Waals surface area contributed by atoms with Crippen molar-refractivity contribution in [2.24, 2.45) is 0 Å². The summed E-state index contributed by atoms with van der Waals surface area (Å²) < 4.78 is 36.8. The largest absolute Gasteiger partial charge is 0.281 e. The molecule has 66 valence electrons. The first-order valence-electron chi connectivity index (χ1n) is 3.13. The van der Waals surface area contributed by atoms with Gasteiger partial charge in [0.05, 0.1) is 0 Å². The van der Waals surface area contributed by atoms with Crippen LogP contribution in [-0.2, 0) is 0 Å². The second kappa shape index (κ2) is 3.31. The van der Waals surface area contributed by atoms with Crippen LogP contribution in [0.25, 0.3) is 0 Å². The van der Waals surface area contributed by atoms with Gasteiger partial charge in [0.1, 0.15) is 16.5 Å². The van der Waals surface area contributed by atoms with Gasteiger partial charge in [0, 0.05) is 5.69 Å². The van der Waals surface area contributed by atoms with Gasteiger partial charge < -0.3 is 0 Å². The van der Waals surface area contributed by atoms with Gasteiger partial charge in [-0.25, -0.2) is 13.2 Å². The Morgan fingerprint density at radius 3 is 2.58 bits per heavy atom. The fourth-order valence-electron chi connectivity index (χ4n) is 0.785. The first-order valence-corrected chi connectivity index (χ1v) is 3.51. The standard InChI is InChI=1S/C7H5ClF3N/c1-3-2-4(9)5(8)6(12-3)7(10)11/h2,7H,1H3. The molecule has 1 aromatic rings. The molecule has 1 rings (SSSR count). The van der Waals surface area contributed by atoms with E-state index in [0.29, 0.717) is 0 Å². The summed E-state index contributed by atoms with van der Waals surface area (Å²) >= 11 is 5.24. The zero-order chi connectivity index (χ0) is 9.30. The van der Waals surface area contributed by atoms with Crippen molar-refractivity contribution in [3.8, 4) is 0 Å². The summed E-state index contributed by atoms with van der Waals surface area (Å²) in [6, 6.07) is 1.01. The predicted molar refractivity (Wildman–Crippen MR) is 38.9 cm³/mol. The predicted octanol–water partition coefficient (Wildman–Crippen LogP) is 3.12. The molecule has 0 N–H and O–H groups in total. The monoisotopic (exact) mass is 195 g/mol. The molecule has 1 aromatic heterocycles. The summed E-state index contributed by atoms with van der Waals surface area (Å²) in [6.07, 6.45) is -2.84. The van der Waals surface area contributed by atoms with Gasteiger partial charge in [0.15, 0.2) is 0 Å². The van der Waals surface area contributed by atoms with Crippen molar-refractivity contribution < 1.29 is 13.2 Å². The Bertz CT molecular complexity index is 301. The molecule has 0 saturated carbocycles. The van der Waals surface area contributed by atoms with Gasteiger partial charge in [-0.15, -0.1) is 0 Å². The third-order valence-electron chi connectivity index (χ3n) is 1.27.